The van der Waals surface area contributed by atoms with Crippen molar-refractivity contribution in [1.29, 1.82) is 0 Å². The standard InChI is InChI=1S/C15H10N2O2/c18-14-10-16-15(19)12-8-4-5-9-13(12)17(14)11-6-2-1-3-7-11/h1-10H. The summed E-state index contributed by atoms with van der Waals surface area (Å²) in [7, 11) is 0. The van der Waals surface area contributed by atoms with Gasteiger partial charge >= 0.3 is 0 Å². The Labute approximate surface area is 108 Å². The second-order valence-electron chi connectivity index (χ2n) is 4.09. The van der Waals surface area contributed by atoms with Gasteiger partial charge in [0.2, 0.25) is 0 Å². The van der Waals surface area contributed by atoms with Crippen molar-refractivity contribution in [3.05, 3.63) is 81.5 Å². The molecule has 92 valence electrons. The third kappa shape index (κ3) is 1.93. The molecule has 0 aliphatic rings. The van der Waals surface area contributed by atoms with Gasteiger partial charge in [-0.05, 0) is 24.3 Å². The number of para-hydroxylation sites is 2. The monoisotopic (exact) mass is 250 g/mol. The van der Waals surface area contributed by atoms with Crippen molar-refractivity contribution < 1.29 is 0 Å². The van der Waals surface area contributed by atoms with E-state index >= 15 is 0 Å². The lowest BCUT2D eigenvalue weighted by Crippen LogP contribution is -2.15. The highest BCUT2D eigenvalue weighted by Gasteiger charge is 2.05. The molecule has 0 amide bonds. The van der Waals surface area contributed by atoms with Crippen LogP contribution in [0.3, 0.4) is 0 Å². The molecule has 0 N–H and O–H groups in total. The zero-order valence-electron chi connectivity index (χ0n) is 9.98. The smallest absolute Gasteiger partial charge is 0.275 e. The molecule has 2 aromatic carbocycles. The summed E-state index contributed by atoms with van der Waals surface area (Å²) >= 11 is 0. The highest BCUT2D eigenvalue weighted by Crippen LogP contribution is 2.12. The fourth-order valence-corrected chi connectivity index (χ4v) is 2.05. The van der Waals surface area contributed by atoms with Gasteiger partial charge < -0.3 is 0 Å². The first-order chi connectivity index (χ1) is 9.27. The first kappa shape index (κ1) is 11.3. The summed E-state index contributed by atoms with van der Waals surface area (Å²) in [5, 5.41) is 0.424. The fourth-order valence-electron chi connectivity index (χ4n) is 2.05. The van der Waals surface area contributed by atoms with Crippen LogP contribution < -0.4 is 11.1 Å². The highest BCUT2D eigenvalue weighted by molar-refractivity contribution is 5.79. The van der Waals surface area contributed by atoms with Crippen LogP contribution >= 0.6 is 0 Å². The van der Waals surface area contributed by atoms with Gasteiger partial charge in [0.25, 0.3) is 11.1 Å². The zero-order chi connectivity index (χ0) is 13.2. The Balaban J connectivity index is 2.56. The molecule has 4 nitrogen and oxygen atoms in total. The van der Waals surface area contributed by atoms with Gasteiger partial charge in [0.1, 0.15) is 0 Å². The zero-order valence-corrected chi connectivity index (χ0v) is 9.98. The summed E-state index contributed by atoms with van der Waals surface area (Å²) in [6.07, 6.45) is 1.06. The minimum Gasteiger partial charge on any atom is -0.275 e. The van der Waals surface area contributed by atoms with Gasteiger partial charge in [-0.15, -0.1) is 0 Å². The van der Waals surface area contributed by atoms with E-state index < -0.39 is 5.56 Å². The van der Waals surface area contributed by atoms with Crippen molar-refractivity contribution in [2.75, 3.05) is 0 Å². The lowest BCUT2D eigenvalue weighted by molar-refractivity contribution is 1.04. The average molecular weight is 250 g/mol. The molecule has 0 saturated heterocycles. The molecule has 3 rings (SSSR count). The van der Waals surface area contributed by atoms with E-state index in [0.717, 1.165) is 6.20 Å². The SMILES string of the molecule is O=c1ncc(=O)n(-c2ccccc2)c2ccccc12. The molecular formula is C15H10N2O2. The minimum absolute atomic E-state index is 0.329. The van der Waals surface area contributed by atoms with Crippen LogP contribution in [0.4, 0.5) is 0 Å². The molecule has 19 heavy (non-hydrogen) atoms. The number of hydrogen-bond donors (Lipinski definition) is 0. The first-order valence-electron chi connectivity index (χ1n) is 5.84. The molecule has 0 spiro atoms. The highest BCUT2D eigenvalue weighted by atomic mass is 16.1. The second kappa shape index (κ2) is 4.49. The Morgan fingerprint density at radius 3 is 2.32 bits per heavy atom. The van der Waals surface area contributed by atoms with Crippen LogP contribution in [0.2, 0.25) is 0 Å². The quantitative estimate of drug-likeness (QED) is 0.661. The third-order valence-corrected chi connectivity index (χ3v) is 2.90. The van der Waals surface area contributed by atoms with E-state index in [0.29, 0.717) is 16.6 Å². The molecule has 1 aromatic heterocycles. The van der Waals surface area contributed by atoms with Gasteiger partial charge in [-0.1, -0.05) is 30.3 Å². The van der Waals surface area contributed by atoms with E-state index in [1.165, 1.54) is 4.57 Å². The van der Waals surface area contributed by atoms with Gasteiger partial charge in [0.05, 0.1) is 17.1 Å². The number of rotatable bonds is 1. The van der Waals surface area contributed by atoms with Crippen LogP contribution in [0.25, 0.3) is 16.6 Å². The van der Waals surface area contributed by atoms with Crippen LogP contribution in [-0.4, -0.2) is 9.55 Å². The molecule has 1 heterocycles. The Morgan fingerprint density at radius 2 is 1.53 bits per heavy atom. The summed E-state index contributed by atoms with van der Waals surface area (Å²) < 4.78 is 1.49. The Morgan fingerprint density at radius 1 is 0.842 bits per heavy atom. The Bertz CT molecular complexity index is 855. The molecule has 0 saturated carbocycles. The maximum atomic E-state index is 12.1. The summed E-state index contributed by atoms with van der Waals surface area (Å²) in [5.74, 6) is 0. The largest absolute Gasteiger partial charge is 0.279 e. The molecular weight excluding hydrogens is 240 g/mol. The van der Waals surface area contributed by atoms with E-state index in [1.807, 2.05) is 30.3 Å². The van der Waals surface area contributed by atoms with Crippen molar-refractivity contribution in [3.8, 4) is 5.69 Å². The fraction of sp³-hybridized carbons (Fsp3) is 0. The first-order valence-corrected chi connectivity index (χ1v) is 5.84. The minimum atomic E-state index is -0.401. The molecule has 0 aliphatic carbocycles. The lowest BCUT2D eigenvalue weighted by atomic mass is 10.2. The summed E-state index contributed by atoms with van der Waals surface area (Å²) in [5.41, 5.74) is 0.536. The van der Waals surface area contributed by atoms with Crippen molar-refractivity contribution >= 4 is 10.9 Å². The van der Waals surface area contributed by atoms with Crippen LogP contribution in [0.1, 0.15) is 0 Å². The predicted molar refractivity (Wildman–Crippen MR) is 73.6 cm³/mol. The van der Waals surface area contributed by atoms with Gasteiger partial charge in [0.15, 0.2) is 0 Å². The number of hydrogen-bond acceptors (Lipinski definition) is 3. The molecule has 4 heteroatoms. The van der Waals surface area contributed by atoms with Gasteiger partial charge in [0, 0.05) is 5.69 Å². The van der Waals surface area contributed by atoms with Crippen molar-refractivity contribution in [3.63, 3.8) is 0 Å². The van der Waals surface area contributed by atoms with Crippen LogP contribution in [0.5, 0.6) is 0 Å². The van der Waals surface area contributed by atoms with Crippen molar-refractivity contribution in [2.45, 2.75) is 0 Å². The second-order valence-corrected chi connectivity index (χ2v) is 4.09. The Hall–Kier alpha value is -2.75. The molecule has 3 aromatic rings. The van der Waals surface area contributed by atoms with Crippen molar-refractivity contribution in [2.24, 2.45) is 0 Å². The van der Waals surface area contributed by atoms with Crippen LogP contribution in [-0.2, 0) is 0 Å². The molecule has 0 aliphatic heterocycles. The summed E-state index contributed by atoms with van der Waals surface area (Å²) in [6.45, 7) is 0. The van der Waals surface area contributed by atoms with Gasteiger partial charge in [-0.2, -0.15) is 0 Å². The topological polar surface area (TPSA) is 52.0 Å². The summed E-state index contributed by atoms with van der Waals surface area (Å²) in [6, 6.07) is 16.2. The van der Waals surface area contributed by atoms with Gasteiger partial charge in [-0.3, -0.25) is 14.2 Å². The van der Waals surface area contributed by atoms with E-state index in [-0.39, 0.29) is 5.56 Å². The predicted octanol–water partition coefficient (Wildman–Crippen LogP) is 1.75. The molecule has 0 fully saturated rings. The van der Waals surface area contributed by atoms with E-state index in [9.17, 15) is 9.59 Å². The lowest BCUT2D eigenvalue weighted by Gasteiger charge is -2.05. The molecule has 0 unspecified atom stereocenters. The molecule has 0 atom stereocenters. The van der Waals surface area contributed by atoms with Gasteiger partial charge in [-0.25, -0.2) is 4.98 Å². The van der Waals surface area contributed by atoms with Crippen molar-refractivity contribution in [1.82, 2.24) is 9.55 Å². The van der Waals surface area contributed by atoms with Crippen LogP contribution in [0.15, 0.2) is 70.4 Å². The van der Waals surface area contributed by atoms with Crippen LogP contribution in [0, 0.1) is 0 Å². The molecule has 0 radical (unpaired) electrons. The third-order valence-electron chi connectivity index (χ3n) is 2.90. The maximum absolute atomic E-state index is 12.1. The van der Waals surface area contributed by atoms with E-state index in [1.54, 1.807) is 24.3 Å². The number of nitrogens with zero attached hydrogens (tertiary/aromatic N) is 2. The van der Waals surface area contributed by atoms with E-state index in [2.05, 4.69) is 4.98 Å². The number of fused-ring (bicyclic) bond motifs is 1. The molecule has 0 bridgehead atoms. The summed E-state index contributed by atoms with van der Waals surface area (Å²) in [4.78, 5) is 27.7. The average Bonchev–Trinajstić information content (AvgIpc) is 2.58. The maximum Gasteiger partial charge on any atom is 0.279 e. The number of benzene rings is 2. The van der Waals surface area contributed by atoms with E-state index in [4.69, 9.17) is 0 Å². The normalized spacial score (nSPS) is 10.5. The Kier molecular flexibility index (Phi) is 2.68. The number of aromatic nitrogens is 2.